The number of hydrogen-bond acceptors (Lipinski definition) is 4. The van der Waals surface area contributed by atoms with Crippen molar-refractivity contribution in [1.29, 1.82) is 0 Å². The highest BCUT2D eigenvalue weighted by molar-refractivity contribution is 5.91. The van der Waals surface area contributed by atoms with Crippen LogP contribution in [0, 0.1) is 5.92 Å². The van der Waals surface area contributed by atoms with Gasteiger partial charge in [-0.25, -0.2) is 4.68 Å². The third-order valence-corrected chi connectivity index (χ3v) is 3.46. The number of nitrogens with zero attached hydrogens (tertiary/aromatic N) is 2. The van der Waals surface area contributed by atoms with E-state index >= 15 is 0 Å². The lowest BCUT2D eigenvalue weighted by Crippen LogP contribution is -2.37. The molecule has 0 saturated heterocycles. The summed E-state index contributed by atoms with van der Waals surface area (Å²) >= 11 is 0. The van der Waals surface area contributed by atoms with Crippen molar-refractivity contribution in [2.75, 3.05) is 6.54 Å². The zero-order chi connectivity index (χ0) is 15.1. The number of aliphatic hydroxyl groups excluding tert-OH is 1. The Labute approximate surface area is 118 Å². The van der Waals surface area contributed by atoms with Crippen LogP contribution in [0.15, 0.2) is 16.9 Å². The van der Waals surface area contributed by atoms with E-state index in [2.05, 4.69) is 10.4 Å². The number of amides is 1. The molecule has 112 valence electrons. The fraction of sp³-hybridized carbons (Fsp3) is 0.643. The summed E-state index contributed by atoms with van der Waals surface area (Å²) in [4.78, 5) is 23.3. The van der Waals surface area contributed by atoms with Crippen LogP contribution in [0.5, 0.6) is 0 Å². The number of rotatable bonds is 7. The molecular weight excluding hydrogens is 258 g/mol. The fourth-order valence-corrected chi connectivity index (χ4v) is 2.08. The molecule has 0 fully saturated rings. The molecule has 1 unspecified atom stereocenters. The fourth-order valence-electron chi connectivity index (χ4n) is 2.08. The third kappa shape index (κ3) is 4.16. The van der Waals surface area contributed by atoms with Gasteiger partial charge >= 0.3 is 0 Å². The van der Waals surface area contributed by atoms with Crippen LogP contribution in [0.3, 0.4) is 0 Å². The zero-order valence-corrected chi connectivity index (χ0v) is 12.3. The maximum Gasteiger partial charge on any atom is 0.271 e. The van der Waals surface area contributed by atoms with Crippen molar-refractivity contribution in [3.63, 3.8) is 0 Å². The summed E-state index contributed by atoms with van der Waals surface area (Å²) in [6, 6.07) is 2.72. The molecule has 1 amide bonds. The molecule has 1 rings (SSSR count). The van der Waals surface area contributed by atoms with E-state index in [9.17, 15) is 14.7 Å². The highest BCUT2D eigenvalue weighted by Crippen LogP contribution is 2.12. The first kappa shape index (κ1) is 16.4. The molecule has 0 aromatic carbocycles. The molecule has 1 atom stereocenters. The second-order valence-electron chi connectivity index (χ2n) is 4.73. The number of hydrogen-bond donors (Lipinski definition) is 2. The third-order valence-electron chi connectivity index (χ3n) is 3.46. The van der Waals surface area contributed by atoms with E-state index in [0.717, 1.165) is 12.8 Å². The van der Waals surface area contributed by atoms with Crippen LogP contribution in [-0.4, -0.2) is 33.4 Å². The number of nitrogens with one attached hydrogen (secondary N) is 1. The van der Waals surface area contributed by atoms with Gasteiger partial charge in [-0.2, -0.15) is 5.10 Å². The van der Waals surface area contributed by atoms with E-state index in [4.69, 9.17) is 0 Å². The molecule has 6 heteroatoms. The van der Waals surface area contributed by atoms with E-state index in [0.29, 0.717) is 6.54 Å². The van der Waals surface area contributed by atoms with Crippen LogP contribution >= 0.6 is 0 Å². The van der Waals surface area contributed by atoms with Crippen LogP contribution in [0.2, 0.25) is 0 Å². The van der Waals surface area contributed by atoms with Crippen LogP contribution in [-0.2, 0) is 6.54 Å². The van der Waals surface area contributed by atoms with Crippen molar-refractivity contribution in [2.45, 2.75) is 46.3 Å². The van der Waals surface area contributed by atoms with Gasteiger partial charge in [0.05, 0.1) is 6.10 Å². The van der Waals surface area contributed by atoms with Crippen molar-refractivity contribution in [2.24, 2.45) is 5.92 Å². The molecule has 6 nitrogen and oxygen atoms in total. The molecule has 1 heterocycles. The van der Waals surface area contributed by atoms with Crippen molar-refractivity contribution in [3.05, 3.63) is 28.2 Å². The normalized spacial score (nSPS) is 12.4. The van der Waals surface area contributed by atoms with Crippen molar-refractivity contribution in [1.82, 2.24) is 15.1 Å². The van der Waals surface area contributed by atoms with Gasteiger partial charge in [0.15, 0.2) is 0 Å². The highest BCUT2D eigenvalue weighted by Gasteiger charge is 2.17. The lowest BCUT2D eigenvalue weighted by atomic mass is 9.96. The van der Waals surface area contributed by atoms with E-state index in [-0.39, 0.29) is 29.6 Å². The average Bonchev–Trinajstić information content (AvgIpc) is 2.46. The van der Waals surface area contributed by atoms with Gasteiger partial charge in [0.1, 0.15) is 5.69 Å². The molecule has 0 aliphatic rings. The molecule has 1 aromatic heterocycles. The summed E-state index contributed by atoms with van der Waals surface area (Å²) in [5, 5.41) is 16.6. The Kier molecular flexibility index (Phi) is 6.38. The predicted octanol–water partition coefficient (Wildman–Crippen LogP) is 0.790. The Balaban J connectivity index is 2.65. The summed E-state index contributed by atoms with van der Waals surface area (Å²) in [5.41, 5.74) is -0.0516. The monoisotopic (exact) mass is 281 g/mol. The summed E-state index contributed by atoms with van der Waals surface area (Å²) in [6.45, 7) is 6.41. The number of carbonyl (C=O) groups excluding carboxylic acids is 1. The van der Waals surface area contributed by atoms with Crippen LogP contribution in [0.1, 0.15) is 44.1 Å². The second kappa shape index (κ2) is 7.79. The topological polar surface area (TPSA) is 84.2 Å². The Hall–Kier alpha value is -1.69. The minimum absolute atomic E-state index is 0.174. The van der Waals surface area contributed by atoms with E-state index < -0.39 is 6.10 Å². The van der Waals surface area contributed by atoms with Crippen molar-refractivity contribution >= 4 is 5.91 Å². The molecule has 1 aromatic rings. The van der Waals surface area contributed by atoms with Gasteiger partial charge in [0.25, 0.3) is 11.5 Å². The highest BCUT2D eigenvalue weighted by atomic mass is 16.3. The van der Waals surface area contributed by atoms with Gasteiger partial charge in [-0.15, -0.1) is 0 Å². The summed E-state index contributed by atoms with van der Waals surface area (Å²) < 4.78 is 1.23. The Morgan fingerprint density at radius 3 is 2.55 bits per heavy atom. The van der Waals surface area contributed by atoms with E-state index in [1.165, 1.54) is 16.8 Å². The van der Waals surface area contributed by atoms with Gasteiger partial charge in [-0.3, -0.25) is 9.59 Å². The van der Waals surface area contributed by atoms with Crippen molar-refractivity contribution in [3.8, 4) is 0 Å². The van der Waals surface area contributed by atoms with Gasteiger partial charge in [0, 0.05) is 19.2 Å². The standard InChI is InChI=1S/C14H23N3O3/c1-4-10(5-2)12(18)9-15-14(20)11-7-8-13(19)17(6-3)16-11/h7-8,10,12,18H,4-6,9H2,1-3H3,(H,15,20). The first-order valence-corrected chi connectivity index (χ1v) is 7.07. The molecule has 0 spiro atoms. The Morgan fingerprint density at radius 1 is 1.35 bits per heavy atom. The average molecular weight is 281 g/mol. The maximum atomic E-state index is 11.9. The van der Waals surface area contributed by atoms with Gasteiger partial charge in [-0.1, -0.05) is 26.7 Å². The van der Waals surface area contributed by atoms with E-state index in [1.807, 2.05) is 13.8 Å². The largest absolute Gasteiger partial charge is 0.391 e. The number of carbonyl (C=O) groups is 1. The maximum absolute atomic E-state index is 11.9. The summed E-state index contributed by atoms with van der Waals surface area (Å²) in [5.74, 6) is -0.204. The Bertz CT molecular complexity index is 495. The first-order valence-electron chi connectivity index (χ1n) is 7.07. The Morgan fingerprint density at radius 2 is 2.00 bits per heavy atom. The number of aryl methyl sites for hydroxylation is 1. The summed E-state index contributed by atoms with van der Waals surface area (Å²) in [7, 11) is 0. The second-order valence-corrected chi connectivity index (χ2v) is 4.73. The van der Waals surface area contributed by atoms with Gasteiger partial charge in [-0.05, 0) is 18.9 Å². The lowest BCUT2D eigenvalue weighted by molar-refractivity contribution is 0.0811. The molecule has 2 N–H and O–H groups in total. The van der Waals surface area contributed by atoms with Gasteiger partial charge < -0.3 is 10.4 Å². The van der Waals surface area contributed by atoms with E-state index in [1.54, 1.807) is 6.92 Å². The van der Waals surface area contributed by atoms with Gasteiger partial charge in [0.2, 0.25) is 0 Å². The predicted molar refractivity (Wildman–Crippen MR) is 76.6 cm³/mol. The quantitative estimate of drug-likeness (QED) is 0.774. The smallest absolute Gasteiger partial charge is 0.271 e. The molecule has 0 aliphatic heterocycles. The molecule has 0 bridgehead atoms. The lowest BCUT2D eigenvalue weighted by Gasteiger charge is -2.20. The van der Waals surface area contributed by atoms with Crippen molar-refractivity contribution < 1.29 is 9.90 Å². The van der Waals surface area contributed by atoms with Crippen LogP contribution < -0.4 is 10.9 Å². The van der Waals surface area contributed by atoms with Crippen LogP contribution in [0.4, 0.5) is 0 Å². The minimum atomic E-state index is -0.564. The molecule has 0 radical (unpaired) electrons. The molecule has 20 heavy (non-hydrogen) atoms. The number of aromatic nitrogens is 2. The minimum Gasteiger partial charge on any atom is -0.391 e. The zero-order valence-electron chi connectivity index (χ0n) is 12.3. The van der Waals surface area contributed by atoms with Crippen LogP contribution in [0.25, 0.3) is 0 Å². The first-order chi connectivity index (χ1) is 9.53. The molecule has 0 aliphatic carbocycles. The molecule has 0 saturated carbocycles. The number of aliphatic hydroxyl groups is 1. The summed E-state index contributed by atoms with van der Waals surface area (Å²) in [6.07, 6.45) is 1.17. The SMILES string of the molecule is CCC(CC)C(O)CNC(=O)c1ccc(=O)n(CC)n1. The molecular formula is C14H23N3O3.